The Morgan fingerprint density at radius 2 is 1.67 bits per heavy atom. The Hall–Kier alpha value is -2.16. The van der Waals surface area contributed by atoms with Gasteiger partial charge in [-0.25, -0.2) is 4.99 Å². The summed E-state index contributed by atoms with van der Waals surface area (Å²) >= 11 is 0. The van der Waals surface area contributed by atoms with Gasteiger partial charge in [0.1, 0.15) is 11.5 Å². The molecule has 3 rings (SSSR count). The Bertz CT molecular complexity index is 744. The van der Waals surface area contributed by atoms with E-state index in [1.165, 1.54) is 0 Å². The number of hydrogen-bond donors (Lipinski definition) is 3. The van der Waals surface area contributed by atoms with E-state index in [4.69, 9.17) is 4.99 Å². The maximum Gasteiger partial charge on any atom is 0.194 e. The molecule has 0 radical (unpaired) electrons. The van der Waals surface area contributed by atoms with Crippen LogP contribution >= 0.6 is 24.0 Å². The van der Waals surface area contributed by atoms with E-state index in [2.05, 4.69) is 22.0 Å². The van der Waals surface area contributed by atoms with Crippen LogP contribution in [0.4, 0.5) is 5.69 Å². The Labute approximate surface area is 177 Å². The highest BCUT2D eigenvalue weighted by molar-refractivity contribution is 14.0. The van der Waals surface area contributed by atoms with E-state index in [0.717, 1.165) is 49.9 Å². The average molecular weight is 482 g/mol. The van der Waals surface area contributed by atoms with Crippen LogP contribution in [-0.2, 0) is 6.54 Å². The molecule has 1 saturated heterocycles. The zero-order valence-electron chi connectivity index (χ0n) is 15.5. The number of halogens is 1. The fourth-order valence-electron chi connectivity index (χ4n) is 3.08. The van der Waals surface area contributed by atoms with Crippen molar-refractivity contribution in [1.29, 1.82) is 0 Å². The lowest BCUT2D eigenvalue weighted by Crippen LogP contribution is -2.52. The van der Waals surface area contributed by atoms with Gasteiger partial charge in [0.2, 0.25) is 0 Å². The largest absolute Gasteiger partial charge is 0.508 e. The van der Waals surface area contributed by atoms with Gasteiger partial charge in [0.05, 0.1) is 12.2 Å². The molecule has 0 unspecified atom stereocenters. The number of hydrogen-bond acceptors (Lipinski definition) is 4. The zero-order chi connectivity index (χ0) is 18.4. The molecule has 6 nitrogen and oxygen atoms in total. The quantitative estimate of drug-likeness (QED) is 0.355. The standard InChI is InChI=1S/C20H26N4O2.HI/c1-2-21-20(22-15-16-7-9-17(25)10-8-16)24-13-11-23(12-14-24)18-5-3-4-6-19(18)26;/h3-10,25-26H,2,11-15H2,1H3,(H,21,22);1H. The van der Waals surface area contributed by atoms with Crippen LogP contribution in [0.5, 0.6) is 11.5 Å². The maximum absolute atomic E-state index is 10.0. The smallest absolute Gasteiger partial charge is 0.194 e. The highest BCUT2D eigenvalue weighted by Gasteiger charge is 2.21. The molecule has 1 heterocycles. The highest BCUT2D eigenvalue weighted by atomic mass is 127. The highest BCUT2D eigenvalue weighted by Crippen LogP contribution is 2.27. The van der Waals surface area contributed by atoms with Crippen molar-refractivity contribution in [2.24, 2.45) is 4.99 Å². The SMILES string of the molecule is CCNC(=NCc1ccc(O)cc1)N1CCN(c2ccccc2O)CC1.I. The van der Waals surface area contributed by atoms with Gasteiger partial charge >= 0.3 is 0 Å². The van der Waals surface area contributed by atoms with Gasteiger partial charge in [-0.3, -0.25) is 0 Å². The maximum atomic E-state index is 10.0. The molecular weight excluding hydrogens is 455 g/mol. The van der Waals surface area contributed by atoms with Gasteiger partial charge in [-0.15, -0.1) is 24.0 Å². The van der Waals surface area contributed by atoms with Crippen LogP contribution in [0.25, 0.3) is 0 Å². The van der Waals surface area contributed by atoms with Crippen LogP contribution in [0, 0.1) is 0 Å². The first-order chi connectivity index (χ1) is 12.7. The molecule has 1 fully saturated rings. The summed E-state index contributed by atoms with van der Waals surface area (Å²) in [5.74, 6) is 1.50. The minimum Gasteiger partial charge on any atom is -0.508 e. The minimum absolute atomic E-state index is 0. The lowest BCUT2D eigenvalue weighted by atomic mass is 10.2. The molecule has 0 spiro atoms. The number of guanidine groups is 1. The number of para-hydroxylation sites is 2. The molecule has 1 aliphatic rings. The van der Waals surface area contributed by atoms with Crippen molar-refractivity contribution in [1.82, 2.24) is 10.2 Å². The van der Waals surface area contributed by atoms with E-state index >= 15 is 0 Å². The number of aromatic hydroxyl groups is 2. The first kappa shape index (κ1) is 21.1. The molecule has 0 bridgehead atoms. The van der Waals surface area contributed by atoms with Crippen molar-refractivity contribution in [2.45, 2.75) is 13.5 Å². The molecule has 2 aromatic carbocycles. The third-order valence-electron chi connectivity index (χ3n) is 4.48. The van der Waals surface area contributed by atoms with Crippen molar-refractivity contribution in [3.63, 3.8) is 0 Å². The van der Waals surface area contributed by atoms with Crippen molar-refractivity contribution in [3.05, 3.63) is 54.1 Å². The van der Waals surface area contributed by atoms with Crippen LogP contribution < -0.4 is 10.2 Å². The van der Waals surface area contributed by atoms with Gasteiger partial charge in [-0.1, -0.05) is 24.3 Å². The number of nitrogens with zero attached hydrogens (tertiary/aromatic N) is 3. The molecule has 0 atom stereocenters. The second kappa shape index (κ2) is 10.2. The van der Waals surface area contributed by atoms with Crippen LogP contribution in [0.2, 0.25) is 0 Å². The van der Waals surface area contributed by atoms with Crippen molar-refractivity contribution < 1.29 is 10.2 Å². The molecular formula is C20H27IN4O2. The van der Waals surface area contributed by atoms with Crippen molar-refractivity contribution in [2.75, 3.05) is 37.6 Å². The van der Waals surface area contributed by atoms with Crippen LogP contribution in [0.15, 0.2) is 53.5 Å². The fraction of sp³-hybridized carbons (Fsp3) is 0.350. The van der Waals surface area contributed by atoms with Crippen LogP contribution in [-0.4, -0.2) is 53.8 Å². The monoisotopic (exact) mass is 482 g/mol. The van der Waals surface area contributed by atoms with Gasteiger partial charge in [0.15, 0.2) is 5.96 Å². The van der Waals surface area contributed by atoms with E-state index in [1.807, 2.05) is 30.3 Å². The number of nitrogens with one attached hydrogen (secondary N) is 1. The minimum atomic E-state index is 0. The average Bonchev–Trinajstić information content (AvgIpc) is 2.67. The number of piperazine rings is 1. The van der Waals surface area contributed by atoms with E-state index < -0.39 is 0 Å². The number of phenols is 2. The number of phenolic OH excluding ortho intramolecular Hbond substituents is 2. The summed E-state index contributed by atoms with van der Waals surface area (Å²) in [4.78, 5) is 9.19. The zero-order valence-corrected chi connectivity index (χ0v) is 17.8. The molecule has 27 heavy (non-hydrogen) atoms. The number of anilines is 1. The summed E-state index contributed by atoms with van der Waals surface area (Å²) in [5.41, 5.74) is 1.95. The van der Waals surface area contributed by atoms with E-state index in [1.54, 1.807) is 18.2 Å². The lowest BCUT2D eigenvalue weighted by molar-refractivity contribution is 0.369. The normalized spacial score (nSPS) is 14.6. The second-order valence-corrected chi connectivity index (χ2v) is 6.30. The number of rotatable bonds is 4. The third kappa shape index (κ3) is 5.66. The molecule has 0 amide bonds. The topological polar surface area (TPSA) is 71.3 Å². The van der Waals surface area contributed by atoms with Crippen molar-refractivity contribution >= 4 is 35.6 Å². The van der Waals surface area contributed by atoms with Gasteiger partial charge < -0.3 is 25.3 Å². The molecule has 7 heteroatoms. The second-order valence-electron chi connectivity index (χ2n) is 6.30. The van der Waals surface area contributed by atoms with Gasteiger partial charge in [0, 0.05) is 32.7 Å². The predicted molar refractivity (Wildman–Crippen MR) is 120 cm³/mol. The van der Waals surface area contributed by atoms with Crippen LogP contribution in [0.1, 0.15) is 12.5 Å². The Morgan fingerprint density at radius 1 is 1.00 bits per heavy atom. The number of aliphatic imine (C=N–C) groups is 1. The molecule has 1 aliphatic heterocycles. The lowest BCUT2D eigenvalue weighted by Gasteiger charge is -2.37. The summed E-state index contributed by atoms with van der Waals surface area (Å²) in [5, 5.41) is 22.8. The Kier molecular flexibility index (Phi) is 8.02. The summed E-state index contributed by atoms with van der Waals surface area (Å²) in [6.07, 6.45) is 0. The fourth-order valence-corrected chi connectivity index (χ4v) is 3.08. The molecule has 0 aromatic heterocycles. The third-order valence-corrected chi connectivity index (χ3v) is 4.48. The first-order valence-corrected chi connectivity index (χ1v) is 9.01. The van der Waals surface area contributed by atoms with E-state index in [-0.39, 0.29) is 29.7 Å². The summed E-state index contributed by atoms with van der Waals surface area (Å²) in [6.45, 7) is 6.80. The van der Waals surface area contributed by atoms with Gasteiger partial charge in [0.25, 0.3) is 0 Å². The molecule has 3 N–H and O–H groups in total. The predicted octanol–water partition coefficient (Wildman–Crippen LogP) is 3.00. The van der Waals surface area contributed by atoms with Gasteiger partial charge in [-0.2, -0.15) is 0 Å². The van der Waals surface area contributed by atoms with E-state index in [9.17, 15) is 10.2 Å². The molecule has 146 valence electrons. The first-order valence-electron chi connectivity index (χ1n) is 9.01. The molecule has 0 saturated carbocycles. The number of benzene rings is 2. The molecule has 0 aliphatic carbocycles. The summed E-state index contributed by atoms with van der Waals surface area (Å²) in [6, 6.07) is 14.6. The Balaban J connectivity index is 0.00000261. The van der Waals surface area contributed by atoms with Gasteiger partial charge in [-0.05, 0) is 36.8 Å². The van der Waals surface area contributed by atoms with E-state index in [0.29, 0.717) is 12.3 Å². The van der Waals surface area contributed by atoms with Crippen LogP contribution in [0.3, 0.4) is 0 Å². The van der Waals surface area contributed by atoms with Crippen molar-refractivity contribution in [3.8, 4) is 11.5 Å². The summed E-state index contributed by atoms with van der Waals surface area (Å²) < 4.78 is 0. The summed E-state index contributed by atoms with van der Waals surface area (Å²) in [7, 11) is 0. The Morgan fingerprint density at radius 3 is 2.30 bits per heavy atom. The molecule has 2 aromatic rings.